The van der Waals surface area contributed by atoms with Crippen LogP contribution < -0.4 is 10.2 Å². The van der Waals surface area contributed by atoms with Crippen molar-refractivity contribution in [3.8, 4) is 22.9 Å². The molecule has 7 nitrogen and oxygen atoms in total. The Kier molecular flexibility index (Phi) is 6.70. The lowest BCUT2D eigenvalue weighted by Crippen LogP contribution is -2.37. The van der Waals surface area contributed by atoms with Gasteiger partial charge in [-0.3, -0.25) is 4.98 Å². The Labute approximate surface area is 210 Å². The van der Waals surface area contributed by atoms with Gasteiger partial charge in [-0.1, -0.05) is 12.1 Å². The molecule has 0 bridgehead atoms. The van der Waals surface area contributed by atoms with Crippen molar-refractivity contribution in [1.82, 2.24) is 19.9 Å². The standard InChI is InChI=1S/C26H22F4N6O/c1-16-5-7-22(34-23(16)24-32-15-20(27)25(35-24)36-9-11-37-12-10-36)21-8-6-19(14-31-21)33-18-4-2-3-17(13-18)26(28,29)30/h2-8,13-15,33H,9-12H2,1H3. The molecule has 4 aromatic rings. The summed E-state index contributed by atoms with van der Waals surface area (Å²) in [6.45, 7) is 3.92. The highest BCUT2D eigenvalue weighted by Gasteiger charge is 2.30. The number of aryl methyl sites for hydroxylation is 1. The highest BCUT2D eigenvalue weighted by atomic mass is 19.4. The van der Waals surface area contributed by atoms with Gasteiger partial charge in [-0.15, -0.1) is 0 Å². The number of rotatable bonds is 5. The van der Waals surface area contributed by atoms with E-state index in [-0.39, 0.29) is 5.82 Å². The van der Waals surface area contributed by atoms with E-state index in [0.717, 1.165) is 23.9 Å². The lowest BCUT2D eigenvalue weighted by Gasteiger charge is -2.28. The van der Waals surface area contributed by atoms with Gasteiger partial charge in [0, 0.05) is 18.8 Å². The van der Waals surface area contributed by atoms with E-state index in [1.807, 2.05) is 17.9 Å². The first kappa shape index (κ1) is 24.6. The molecule has 0 saturated carbocycles. The van der Waals surface area contributed by atoms with Gasteiger partial charge in [-0.25, -0.2) is 19.3 Å². The van der Waals surface area contributed by atoms with E-state index in [1.54, 1.807) is 24.3 Å². The van der Waals surface area contributed by atoms with E-state index >= 15 is 0 Å². The maximum Gasteiger partial charge on any atom is 0.416 e. The van der Waals surface area contributed by atoms with Crippen molar-refractivity contribution in [2.75, 3.05) is 36.5 Å². The number of halogens is 4. The minimum atomic E-state index is -4.42. The molecule has 4 heterocycles. The third-order valence-corrected chi connectivity index (χ3v) is 5.85. The number of nitrogens with zero attached hydrogens (tertiary/aromatic N) is 5. The van der Waals surface area contributed by atoms with Crippen molar-refractivity contribution in [3.63, 3.8) is 0 Å². The van der Waals surface area contributed by atoms with Crippen LogP contribution in [0.25, 0.3) is 22.9 Å². The van der Waals surface area contributed by atoms with Crippen LogP contribution in [0.2, 0.25) is 0 Å². The first-order valence-electron chi connectivity index (χ1n) is 11.5. The molecule has 0 atom stereocenters. The fourth-order valence-electron chi connectivity index (χ4n) is 3.93. The summed E-state index contributed by atoms with van der Waals surface area (Å²) in [5.41, 5.74) is 2.49. The normalized spacial score (nSPS) is 14.0. The summed E-state index contributed by atoms with van der Waals surface area (Å²) >= 11 is 0. The summed E-state index contributed by atoms with van der Waals surface area (Å²) in [6, 6.07) is 12.0. The highest BCUT2D eigenvalue weighted by Crippen LogP contribution is 2.32. The molecule has 1 aliphatic rings. The van der Waals surface area contributed by atoms with Crippen LogP contribution >= 0.6 is 0 Å². The predicted molar refractivity (Wildman–Crippen MR) is 131 cm³/mol. The van der Waals surface area contributed by atoms with Gasteiger partial charge in [-0.2, -0.15) is 13.2 Å². The molecular weight excluding hydrogens is 488 g/mol. The Balaban J connectivity index is 1.39. The minimum absolute atomic E-state index is 0.211. The van der Waals surface area contributed by atoms with Crippen molar-refractivity contribution in [2.45, 2.75) is 13.1 Å². The zero-order valence-corrected chi connectivity index (χ0v) is 19.8. The molecular formula is C26H22F4N6O. The molecule has 0 aliphatic carbocycles. The SMILES string of the molecule is Cc1ccc(-c2ccc(Nc3cccc(C(F)(F)F)c3)cn2)nc1-c1ncc(F)c(N2CCOCC2)n1. The van der Waals surface area contributed by atoms with Crippen LogP contribution in [0.15, 0.2) is 60.9 Å². The lowest BCUT2D eigenvalue weighted by molar-refractivity contribution is -0.137. The molecule has 1 aliphatic heterocycles. The van der Waals surface area contributed by atoms with E-state index in [4.69, 9.17) is 4.74 Å². The summed E-state index contributed by atoms with van der Waals surface area (Å²) < 4.78 is 58.8. The molecule has 0 spiro atoms. The minimum Gasteiger partial charge on any atom is -0.378 e. The summed E-state index contributed by atoms with van der Waals surface area (Å²) in [5.74, 6) is -0.00175. The highest BCUT2D eigenvalue weighted by molar-refractivity contribution is 5.66. The Bertz CT molecular complexity index is 1410. The fraction of sp³-hybridized carbons (Fsp3) is 0.231. The van der Waals surface area contributed by atoms with Crippen molar-refractivity contribution < 1.29 is 22.3 Å². The predicted octanol–water partition coefficient (Wildman–Crippen LogP) is 5.65. The molecule has 5 rings (SSSR count). The maximum atomic E-state index is 14.5. The van der Waals surface area contributed by atoms with Crippen LogP contribution in [0.3, 0.4) is 0 Å². The van der Waals surface area contributed by atoms with Gasteiger partial charge in [-0.05, 0) is 48.9 Å². The zero-order chi connectivity index (χ0) is 26.0. The lowest BCUT2D eigenvalue weighted by atomic mass is 10.1. The average Bonchev–Trinajstić information content (AvgIpc) is 2.90. The second-order valence-electron chi connectivity index (χ2n) is 8.46. The van der Waals surface area contributed by atoms with Gasteiger partial charge in [0.1, 0.15) is 5.69 Å². The number of hydrogen-bond acceptors (Lipinski definition) is 7. The number of hydrogen-bond donors (Lipinski definition) is 1. The summed E-state index contributed by atoms with van der Waals surface area (Å²) in [7, 11) is 0. The van der Waals surface area contributed by atoms with Crippen LogP contribution in [-0.2, 0) is 10.9 Å². The van der Waals surface area contributed by atoms with Crippen molar-refractivity contribution in [3.05, 3.63) is 77.9 Å². The zero-order valence-electron chi connectivity index (χ0n) is 19.8. The van der Waals surface area contributed by atoms with Crippen molar-refractivity contribution >= 4 is 17.2 Å². The van der Waals surface area contributed by atoms with E-state index in [0.29, 0.717) is 60.6 Å². The van der Waals surface area contributed by atoms with Gasteiger partial charge < -0.3 is 15.0 Å². The fourth-order valence-corrected chi connectivity index (χ4v) is 3.93. The topological polar surface area (TPSA) is 76.1 Å². The molecule has 1 saturated heterocycles. The number of benzene rings is 1. The van der Waals surface area contributed by atoms with Gasteiger partial charge >= 0.3 is 6.18 Å². The van der Waals surface area contributed by atoms with Crippen LogP contribution in [-0.4, -0.2) is 46.2 Å². The number of pyridine rings is 2. The largest absolute Gasteiger partial charge is 0.416 e. The smallest absolute Gasteiger partial charge is 0.378 e. The number of morpholine rings is 1. The molecule has 11 heteroatoms. The molecule has 0 amide bonds. The third-order valence-electron chi connectivity index (χ3n) is 5.85. The molecule has 3 aromatic heterocycles. The molecule has 37 heavy (non-hydrogen) atoms. The second kappa shape index (κ2) is 10.1. The second-order valence-corrected chi connectivity index (χ2v) is 8.46. The van der Waals surface area contributed by atoms with Crippen molar-refractivity contribution in [1.29, 1.82) is 0 Å². The number of alkyl halides is 3. The monoisotopic (exact) mass is 510 g/mol. The van der Waals surface area contributed by atoms with Crippen LogP contribution in [0.5, 0.6) is 0 Å². The quantitative estimate of drug-likeness (QED) is 0.348. The number of ether oxygens (including phenoxy) is 1. The summed E-state index contributed by atoms with van der Waals surface area (Å²) in [5, 5.41) is 2.93. The Morgan fingerprint density at radius 1 is 0.892 bits per heavy atom. The molecule has 0 unspecified atom stereocenters. The Morgan fingerprint density at radius 2 is 1.68 bits per heavy atom. The molecule has 0 radical (unpaired) electrons. The first-order chi connectivity index (χ1) is 17.8. The van der Waals surface area contributed by atoms with Crippen molar-refractivity contribution in [2.24, 2.45) is 0 Å². The van der Waals surface area contributed by atoms with E-state index in [9.17, 15) is 17.6 Å². The maximum absolute atomic E-state index is 14.5. The number of aromatic nitrogens is 4. The summed E-state index contributed by atoms with van der Waals surface area (Å²) in [4.78, 5) is 19.5. The van der Waals surface area contributed by atoms with Crippen LogP contribution in [0.4, 0.5) is 34.8 Å². The molecule has 1 N–H and O–H groups in total. The van der Waals surface area contributed by atoms with Gasteiger partial charge in [0.05, 0.1) is 48.2 Å². The van der Waals surface area contributed by atoms with Crippen LogP contribution in [0, 0.1) is 12.7 Å². The van der Waals surface area contributed by atoms with Crippen LogP contribution in [0.1, 0.15) is 11.1 Å². The molecule has 1 fully saturated rings. The third kappa shape index (κ3) is 5.51. The van der Waals surface area contributed by atoms with Gasteiger partial charge in [0.15, 0.2) is 17.5 Å². The van der Waals surface area contributed by atoms with E-state index in [1.165, 1.54) is 12.3 Å². The Hall–Kier alpha value is -4.12. The first-order valence-corrected chi connectivity index (χ1v) is 11.5. The van der Waals surface area contributed by atoms with Gasteiger partial charge in [0.25, 0.3) is 0 Å². The number of nitrogens with one attached hydrogen (secondary N) is 1. The average molecular weight is 510 g/mol. The Morgan fingerprint density at radius 3 is 2.41 bits per heavy atom. The van der Waals surface area contributed by atoms with Gasteiger partial charge in [0.2, 0.25) is 0 Å². The van der Waals surface area contributed by atoms with E-state index in [2.05, 4.69) is 25.3 Å². The summed E-state index contributed by atoms with van der Waals surface area (Å²) in [6.07, 6.45) is -1.76. The molecule has 190 valence electrons. The van der Waals surface area contributed by atoms with E-state index < -0.39 is 17.6 Å². The number of anilines is 3. The molecule has 1 aromatic carbocycles.